The van der Waals surface area contributed by atoms with Crippen molar-refractivity contribution in [3.8, 4) is 0 Å². The highest BCUT2D eigenvalue weighted by atomic mass is 16.2. The molecule has 5 heteroatoms. The van der Waals surface area contributed by atoms with E-state index in [1.54, 1.807) is 17.3 Å². The third-order valence-corrected chi connectivity index (χ3v) is 3.75. The van der Waals surface area contributed by atoms with Crippen LogP contribution in [-0.2, 0) is 16.1 Å². The van der Waals surface area contributed by atoms with Crippen LogP contribution >= 0.6 is 0 Å². The molecule has 0 bridgehead atoms. The monoisotopic (exact) mass is 261 g/mol. The Labute approximate surface area is 113 Å². The van der Waals surface area contributed by atoms with Crippen molar-refractivity contribution < 1.29 is 9.59 Å². The molecule has 2 amide bonds. The second-order valence-corrected chi connectivity index (χ2v) is 5.16. The maximum atomic E-state index is 12.1. The predicted octanol–water partition coefficient (Wildman–Crippen LogP) is 1.02. The van der Waals surface area contributed by atoms with Crippen molar-refractivity contribution in [1.29, 1.82) is 0 Å². The summed E-state index contributed by atoms with van der Waals surface area (Å²) in [6, 6.07) is 1.99. The van der Waals surface area contributed by atoms with Gasteiger partial charge in [-0.1, -0.05) is 13.0 Å². The maximum absolute atomic E-state index is 12.1. The molecule has 1 N–H and O–H groups in total. The molecular formula is C14H19N3O2. The lowest BCUT2D eigenvalue weighted by atomic mass is 9.92. The zero-order chi connectivity index (χ0) is 14.0. The minimum absolute atomic E-state index is 0.0505. The Kier molecular flexibility index (Phi) is 3.55. The zero-order valence-corrected chi connectivity index (χ0v) is 11.6. The number of amides is 2. The summed E-state index contributed by atoms with van der Waals surface area (Å²) in [4.78, 5) is 29.9. The Morgan fingerprint density at radius 2 is 2.16 bits per heavy atom. The van der Waals surface area contributed by atoms with E-state index in [9.17, 15) is 9.59 Å². The average molecular weight is 261 g/mol. The number of rotatable bonds is 3. The van der Waals surface area contributed by atoms with E-state index in [0.717, 1.165) is 11.1 Å². The lowest BCUT2D eigenvalue weighted by Crippen LogP contribution is -2.65. The van der Waals surface area contributed by atoms with Gasteiger partial charge >= 0.3 is 0 Å². The Balaban J connectivity index is 2.29. The normalized spacial score (nSPS) is 23.4. The molecule has 0 aromatic carbocycles. The molecule has 1 saturated heterocycles. The quantitative estimate of drug-likeness (QED) is 0.883. The second-order valence-electron chi connectivity index (χ2n) is 5.16. The van der Waals surface area contributed by atoms with Crippen molar-refractivity contribution in [2.24, 2.45) is 0 Å². The Hall–Kier alpha value is -1.91. The molecule has 1 aromatic rings. The fraction of sp³-hybridized carbons (Fsp3) is 0.500. The second kappa shape index (κ2) is 4.99. The molecule has 2 heterocycles. The number of hydrogen-bond acceptors (Lipinski definition) is 3. The van der Waals surface area contributed by atoms with E-state index in [1.165, 1.54) is 0 Å². The largest absolute Gasteiger partial charge is 0.345 e. The first-order valence-corrected chi connectivity index (χ1v) is 6.46. The number of carbonyl (C=O) groups excluding carboxylic acids is 2. The summed E-state index contributed by atoms with van der Waals surface area (Å²) < 4.78 is 0. The van der Waals surface area contributed by atoms with Gasteiger partial charge in [-0.25, -0.2) is 0 Å². The minimum Gasteiger partial charge on any atom is -0.345 e. The summed E-state index contributed by atoms with van der Waals surface area (Å²) in [5.41, 5.74) is 1.21. The molecule has 1 atom stereocenters. The molecule has 102 valence electrons. The van der Waals surface area contributed by atoms with Crippen LogP contribution in [0, 0.1) is 6.92 Å². The molecule has 1 aromatic heterocycles. The van der Waals surface area contributed by atoms with Gasteiger partial charge in [0.25, 0.3) is 0 Å². The number of hydrogen-bond donors (Lipinski definition) is 1. The number of aryl methyl sites for hydroxylation is 1. The van der Waals surface area contributed by atoms with Crippen LogP contribution in [0.2, 0.25) is 0 Å². The van der Waals surface area contributed by atoms with Crippen molar-refractivity contribution in [3.05, 3.63) is 29.6 Å². The predicted molar refractivity (Wildman–Crippen MR) is 71.2 cm³/mol. The van der Waals surface area contributed by atoms with E-state index in [1.807, 2.05) is 26.8 Å². The number of nitrogens with one attached hydrogen (secondary N) is 1. The van der Waals surface area contributed by atoms with Crippen LogP contribution < -0.4 is 5.32 Å². The van der Waals surface area contributed by atoms with Gasteiger partial charge in [0.2, 0.25) is 11.8 Å². The van der Waals surface area contributed by atoms with Gasteiger partial charge in [0.1, 0.15) is 5.54 Å². The molecule has 0 aliphatic carbocycles. The highest BCUT2D eigenvalue weighted by Crippen LogP contribution is 2.25. The number of piperazine rings is 1. The third-order valence-electron chi connectivity index (χ3n) is 3.75. The summed E-state index contributed by atoms with van der Waals surface area (Å²) >= 11 is 0. The first-order chi connectivity index (χ1) is 8.97. The van der Waals surface area contributed by atoms with Gasteiger partial charge in [-0.2, -0.15) is 0 Å². The average Bonchev–Trinajstić information content (AvgIpc) is 2.39. The SMILES string of the molecule is CCC1(C)C(=O)NCC(=O)N1Cc1cncc(C)c1. The molecule has 2 rings (SSSR count). The van der Waals surface area contributed by atoms with E-state index in [4.69, 9.17) is 0 Å². The molecule has 19 heavy (non-hydrogen) atoms. The van der Waals surface area contributed by atoms with Crippen LogP contribution in [0.25, 0.3) is 0 Å². The first-order valence-electron chi connectivity index (χ1n) is 6.46. The van der Waals surface area contributed by atoms with Gasteiger partial charge in [-0.15, -0.1) is 0 Å². The molecule has 0 spiro atoms. The van der Waals surface area contributed by atoms with Gasteiger partial charge in [-0.3, -0.25) is 14.6 Å². The van der Waals surface area contributed by atoms with Gasteiger partial charge in [0, 0.05) is 18.9 Å². The third kappa shape index (κ3) is 2.45. The molecule has 0 radical (unpaired) electrons. The van der Waals surface area contributed by atoms with E-state index in [2.05, 4.69) is 10.3 Å². The van der Waals surface area contributed by atoms with Gasteiger partial charge < -0.3 is 10.2 Å². The van der Waals surface area contributed by atoms with Crippen LogP contribution in [-0.4, -0.2) is 33.8 Å². The van der Waals surface area contributed by atoms with Crippen LogP contribution in [0.1, 0.15) is 31.4 Å². The number of aromatic nitrogens is 1. The maximum Gasteiger partial charge on any atom is 0.246 e. The molecule has 5 nitrogen and oxygen atoms in total. The van der Waals surface area contributed by atoms with Crippen LogP contribution in [0.5, 0.6) is 0 Å². The Morgan fingerprint density at radius 1 is 1.42 bits per heavy atom. The van der Waals surface area contributed by atoms with Gasteiger partial charge in [-0.05, 0) is 31.4 Å². The zero-order valence-electron chi connectivity index (χ0n) is 11.6. The van der Waals surface area contributed by atoms with Crippen molar-refractivity contribution in [2.45, 2.75) is 39.3 Å². The van der Waals surface area contributed by atoms with Crippen LogP contribution in [0.4, 0.5) is 0 Å². The van der Waals surface area contributed by atoms with E-state index in [-0.39, 0.29) is 18.4 Å². The number of nitrogens with zero attached hydrogens (tertiary/aromatic N) is 2. The summed E-state index contributed by atoms with van der Waals surface area (Å²) in [7, 11) is 0. The van der Waals surface area contributed by atoms with Crippen LogP contribution in [0.3, 0.4) is 0 Å². The molecule has 0 saturated carbocycles. The first kappa shape index (κ1) is 13.5. The fourth-order valence-corrected chi connectivity index (χ4v) is 2.34. The van der Waals surface area contributed by atoms with E-state index < -0.39 is 5.54 Å². The van der Waals surface area contributed by atoms with Gasteiger partial charge in [0.05, 0.1) is 6.54 Å². The molecular weight excluding hydrogens is 242 g/mol. The lowest BCUT2D eigenvalue weighted by Gasteiger charge is -2.43. The van der Waals surface area contributed by atoms with Crippen molar-refractivity contribution in [2.75, 3.05) is 6.54 Å². The van der Waals surface area contributed by atoms with E-state index in [0.29, 0.717) is 13.0 Å². The molecule has 1 unspecified atom stereocenters. The van der Waals surface area contributed by atoms with Crippen LogP contribution in [0.15, 0.2) is 18.5 Å². The van der Waals surface area contributed by atoms with E-state index >= 15 is 0 Å². The summed E-state index contributed by atoms with van der Waals surface area (Å²) in [5, 5.41) is 2.65. The molecule has 1 fully saturated rings. The standard InChI is InChI=1S/C14H19N3O2/c1-4-14(3)13(19)16-8-12(18)17(14)9-11-5-10(2)6-15-7-11/h5-7H,4,8-9H2,1-3H3,(H,16,19). The minimum atomic E-state index is -0.779. The van der Waals surface area contributed by atoms with Crippen molar-refractivity contribution in [1.82, 2.24) is 15.2 Å². The molecule has 1 aliphatic rings. The lowest BCUT2D eigenvalue weighted by molar-refractivity contribution is -0.153. The fourth-order valence-electron chi connectivity index (χ4n) is 2.34. The van der Waals surface area contributed by atoms with Crippen molar-refractivity contribution in [3.63, 3.8) is 0 Å². The summed E-state index contributed by atoms with van der Waals surface area (Å²) in [5.74, 6) is -0.138. The topological polar surface area (TPSA) is 62.3 Å². The van der Waals surface area contributed by atoms with Crippen molar-refractivity contribution >= 4 is 11.8 Å². The molecule has 1 aliphatic heterocycles. The Morgan fingerprint density at radius 3 is 2.79 bits per heavy atom. The summed E-state index contributed by atoms with van der Waals surface area (Å²) in [6.07, 6.45) is 4.10. The Bertz CT molecular complexity index is 515. The highest BCUT2D eigenvalue weighted by molar-refractivity contribution is 5.97. The number of carbonyl (C=O) groups is 2. The highest BCUT2D eigenvalue weighted by Gasteiger charge is 2.43. The summed E-state index contributed by atoms with van der Waals surface area (Å²) in [6.45, 7) is 6.18. The van der Waals surface area contributed by atoms with Gasteiger partial charge in [0.15, 0.2) is 0 Å². The smallest absolute Gasteiger partial charge is 0.246 e. The number of pyridine rings is 1.